The molecular weight excluding hydrogens is 432 g/mol. The molecule has 0 fully saturated rings. The minimum atomic E-state index is -4.06. The summed E-state index contributed by atoms with van der Waals surface area (Å²) in [5, 5.41) is 0.911. The fraction of sp³-hybridized carbons (Fsp3) is 0.217. The summed E-state index contributed by atoms with van der Waals surface area (Å²) in [4.78, 5) is 26.6. The molecule has 2 aromatic rings. The van der Waals surface area contributed by atoms with E-state index in [1.54, 1.807) is 31.2 Å². The monoisotopic (exact) mass is 458 g/mol. The van der Waals surface area contributed by atoms with Crippen LogP contribution in [0, 0.1) is 12.8 Å². The first-order valence-electron chi connectivity index (χ1n) is 9.72. The molecule has 164 valence electrons. The third-order valence-corrected chi connectivity index (χ3v) is 6.39. The summed E-state index contributed by atoms with van der Waals surface area (Å²) >= 11 is 1.21. The summed E-state index contributed by atoms with van der Waals surface area (Å²) in [6, 6.07) is 16.5. The van der Waals surface area contributed by atoms with Gasteiger partial charge in [0.1, 0.15) is 5.92 Å². The largest absolute Gasteiger partial charge is 0.282 e. The third-order valence-electron chi connectivity index (χ3n) is 4.27. The van der Waals surface area contributed by atoms with Crippen molar-refractivity contribution in [2.75, 3.05) is 6.54 Å². The highest BCUT2D eigenvalue weighted by Crippen LogP contribution is 2.25. The van der Waals surface area contributed by atoms with Crippen LogP contribution in [0.25, 0.3) is 6.08 Å². The number of hydrogen-bond donors (Lipinski definition) is 1. The van der Waals surface area contributed by atoms with E-state index in [4.69, 9.17) is 0 Å². The second-order valence-electron chi connectivity index (χ2n) is 6.74. The normalized spacial score (nSPS) is 12.3. The maximum absolute atomic E-state index is 13.0. The lowest BCUT2D eigenvalue weighted by Crippen LogP contribution is -2.42. The standard InChI is InChI=1S/C23H26N2O4S2/c1-4-9-21(23(27)25(5-2)30-20-14-12-18(3)13-15-20)22(26)24-31(28,29)17-16-19-10-7-6-8-11-19/h4,6-8,10-17,21H,1,5,9H2,2-3H3,(H,24,26)/b17-16+. The number of carbonyl (C=O) groups excluding carboxylic acids is 2. The van der Waals surface area contributed by atoms with Crippen LogP contribution in [-0.4, -0.2) is 31.1 Å². The first-order chi connectivity index (χ1) is 14.8. The highest BCUT2D eigenvalue weighted by atomic mass is 32.2. The molecule has 6 nitrogen and oxygen atoms in total. The fourth-order valence-corrected chi connectivity index (χ4v) is 4.32. The number of hydrogen-bond acceptors (Lipinski definition) is 5. The van der Waals surface area contributed by atoms with Gasteiger partial charge in [0.15, 0.2) is 0 Å². The van der Waals surface area contributed by atoms with E-state index in [0.717, 1.165) is 15.9 Å². The highest BCUT2D eigenvalue weighted by Gasteiger charge is 2.31. The van der Waals surface area contributed by atoms with E-state index in [2.05, 4.69) is 6.58 Å². The quantitative estimate of drug-likeness (QED) is 0.328. The molecule has 1 N–H and O–H groups in total. The zero-order valence-electron chi connectivity index (χ0n) is 17.5. The number of aryl methyl sites for hydroxylation is 1. The summed E-state index contributed by atoms with van der Waals surface area (Å²) in [7, 11) is -4.06. The second-order valence-corrected chi connectivity index (χ2v) is 9.40. The SMILES string of the molecule is C=CCC(C(=O)NS(=O)(=O)/C=C/c1ccccc1)C(=O)N(CC)Sc1ccc(C)cc1. The van der Waals surface area contributed by atoms with Crippen molar-refractivity contribution >= 4 is 39.9 Å². The molecule has 31 heavy (non-hydrogen) atoms. The van der Waals surface area contributed by atoms with Crippen molar-refractivity contribution in [3.05, 3.63) is 83.8 Å². The molecule has 0 spiro atoms. The van der Waals surface area contributed by atoms with Crippen molar-refractivity contribution in [1.29, 1.82) is 0 Å². The van der Waals surface area contributed by atoms with Crippen LogP contribution in [0.4, 0.5) is 0 Å². The Bertz CT molecular complexity index is 1030. The second kappa shape index (κ2) is 11.5. The first-order valence-corrected chi connectivity index (χ1v) is 12.0. The number of amides is 2. The summed E-state index contributed by atoms with van der Waals surface area (Å²) < 4.78 is 28.1. The molecular formula is C23H26N2O4S2. The number of sulfonamides is 1. The van der Waals surface area contributed by atoms with Gasteiger partial charge in [0.05, 0.1) is 5.41 Å². The molecule has 0 aliphatic carbocycles. The Morgan fingerprint density at radius 1 is 1.13 bits per heavy atom. The molecule has 0 heterocycles. The van der Waals surface area contributed by atoms with Crippen molar-refractivity contribution in [3.8, 4) is 0 Å². The van der Waals surface area contributed by atoms with Gasteiger partial charge in [-0.25, -0.2) is 13.1 Å². The zero-order valence-corrected chi connectivity index (χ0v) is 19.2. The summed E-state index contributed by atoms with van der Waals surface area (Å²) in [6.45, 7) is 7.70. The van der Waals surface area contributed by atoms with Crippen LogP contribution in [0.1, 0.15) is 24.5 Å². The van der Waals surface area contributed by atoms with E-state index in [0.29, 0.717) is 12.1 Å². The lowest BCUT2D eigenvalue weighted by atomic mass is 10.0. The molecule has 0 aliphatic heterocycles. The Morgan fingerprint density at radius 2 is 1.77 bits per heavy atom. The molecule has 0 bridgehead atoms. The van der Waals surface area contributed by atoms with Crippen molar-refractivity contribution in [2.45, 2.75) is 25.2 Å². The molecule has 0 saturated carbocycles. The van der Waals surface area contributed by atoms with Gasteiger partial charge in [-0.15, -0.1) is 6.58 Å². The van der Waals surface area contributed by atoms with Gasteiger partial charge in [-0.05, 0) is 56.0 Å². The van der Waals surface area contributed by atoms with Crippen molar-refractivity contribution in [1.82, 2.24) is 9.03 Å². The van der Waals surface area contributed by atoms with Crippen LogP contribution in [-0.2, 0) is 19.6 Å². The van der Waals surface area contributed by atoms with Gasteiger partial charge < -0.3 is 0 Å². The third kappa shape index (κ3) is 7.73. The smallest absolute Gasteiger partial charge is 0.257 e. The Morgan fingerprint density at radius 3 is 2.35 bits per heavy atom. The fourth-order valence-electron chi connectivity index (χ4n) is 2.63. The average molecular weight is 459 g/mol. The molecule has 0 radical (unpaired) electrons. The molecule has 2 rings (SSSR count). The Kier molecular flexibility index (Phi) is 9.08. The molecule has 0 aliphatic rings. The number of carbonyl (C=O) groups is 2. The van der Waals surface area contributed by atoms with Crippen LogP contribution in [0.5, 0.6) is 0 Å². The molecule has 1 unspecified atom stereocenters. The van der Waals surface area contributed by atoms with Gasteiger partial charge >= 0.3 is 0 Å². The highest BCUT2D eigenvalue weighted by molar-refractivity contribution is 7.97. The predicted octanol–water partition coefficient (Wildman–Crippen LogP) is 4.16. The van der Waals surface area contributed by atoms with Gasteiger partial charge in [-0.1, -0.05) is 54.1 Å². The van der Waals surface area contributed by atoms with E-state index in [9.17, 15) is 18.0 Å². The molecule has 8 heteroatoms. The van der Waals surface area contributed by atoms with Crippen molar-refractivity contribution in [2.24, 2.45) is 5.92 Å². The van der Waals surface area contributed by atoms with Gasteiger partial charge in [-0.3, -0.25) is 13.9 Å². The number of allylic oxidation sites excluding steroid dienone is 1. The van der Waals surface area contributed by atoms with Crippen LogP contribution in [0.2, 0.25) is 0 Å². The van der Waals surface area contributed by atoms with Crippen LogP contribution in [0.3, 0.4) is 0 Å². The van der Waals surface area contributed by atoms with Crippen LogP contribution >= 0.6 is 11.9 Å². The minimum Gasteiger partial charge on any atom is -0.282 e. The molecule has 0 aromatic heterocycles. The number of rotatable bonds is 10. The summed E-state index contributed by atoms with van der Waals surface area (Å²) in [5.41, 5.74) is 1.77. The topological polar surface area (TPSA) is 83.5 Å². The lowest BCUT2D eigenvalue weighted by Gasteiger charge is -2.24. The molecule has 0 saturated heterocycles. The van der Waals surface area contributed by atoms with E-state index in [1.165, 1.54) is 28.4 Å². The van der Waals surface area contributed by atoms with E-state index >= 15 is 0 Å². The van der Waals surface area contributed by atoms with Crippen molar-refractivity contribution in [3.63, 3.8) is 0 Å². The van der Waals surface area contributed by atoms with Gasteiger partial charge in [0.2, 0.25) is 11.8 Å². The van der Waals surface area contributed by atoms with E-state index in [-0.39, 0.29) is 6.42 Å². The summed E-state index contributed by atoms with van der Waals surface area (Å²) in [6.07, 6.45) is 2.83. The molecule has 1 atom stereocenters. The Balaban J connectivity index is 2.13. The molecule has 2 aromatic carbocycles. The zero-order chi connectivity index (χ0) is 22.9. The van der Waals surface area contributed by atoms with Gasteiger partial charge in [-0.2, -0.15) is 0 Å². The lowest BCUT2D eigenvalue weighted by molar-refractivity contribution is -0.137. The van der Waals surface area contributed by atoms with Crippen LogP contribution in [0.15, 0.2) is 77.6 Å². The van der Waals surface area contributed by atoms with Gasteiger partial charge in [0.25, 0.3) is 10.0 Å². The minimum absolute atomic E-state index is 0.0214. The number of nitrogens with one attached hydrogen (secondary N) is 1. The Labute approximate surface area is 188 Å². The maximum atomic E-state index is 13.0. The number of nitrogens with zero attached hydrogens (tertiary/aromatic N) is 1. The summed E-state index contributed by atoms with van der Waals surface area (Å²) in [5.74, 6) is -2.56. The van der Waals surface area contributed by atoms with Crippen molar-refractivity contribution < 1.29 is 18.0 Å². The number of benzene rings is 2. The molecule has 2 amide bonds. The Hall–Kier alpha value is -2.84. The maximum Gasteiger partial charge on any atom is 0.257 e. The van der Waals surface area contributed by atoms with E-state index in [1.807, 2.05) is 42.0 Å². The predicted molar refractivity (Wildman–Crippen MR) is 125 cm³/mol. The first kappa shape index (κ1) is 24.4. The van der Waals surface area contributed by atoms with Crippen LogP contribution < -0.4 is 4.72 Å². The average Bonchev–Trinajstić information content (AvgIpc) is 2.75. The van der Waals surface area contributed by atoms with E-state index < -0.39 is 27.8 Å². The van der Waals surface area contributed by atoms with Gasteiger partial charge in [0, 0.05) is 11.4 Å².